The summed E-state index contributed by atoms with van der Waals surface area (Å²) in [5, 5.41) is 13.3. The monoisotopic (exact) mass is 788 g/mol. The molecule has 0 aliphatic heterocycles. The maximum Gasteiger partial charge on any atom is 0.408 e. The number of carbonyl (C=O) groups is 3. The fourth-order valence-corrected chi connectivity index (χ4v) is 6.97. The highest BCUT2D eigenvalue weighted by Gasteiger charge is 2.36. The lowest BCUT2D eigenvalue weighted by Crippen LogP contribution is -2.59. The minimum absolute atomic E-state index is 0.108. The largest absolute Gasteiger partial charge is 0.465 e. The van der Waals surface area contributed by atoms with Gasteiger partial charge in [0.1, 0.15) is 23.7 Å². The summed E-state index contributed by atoms with van der Waals surface area (Å²) < 4.78 is 53.9. The second-order valence-corrected chi connectivity index (χ2v) is 14.1. The van der Waals surface area contributed by atoms with Crippen LogP contribution in [0.4, 0.5) is 9.18 Å². The number of alkyl halides is 1. The Balaban J connectivity index is 2.03. The van der Waals surface area contributed by atoms with Crippen LogP contribution < -0.4 is 10.0 Å². The molecule has 0 saturated carbocycles. The summed E-state index contributed by atoms with van der Waals surface area (Å²) in [5.74, 6) is -1.71. The number of sulfonamides is 1. The fourth-order valence-electron chi connectivity index (χ4n) is 5.04. The molecule has 278 valence electrons. The zero-order valence-electron chi connectivity index (χ0n) is 27.9. The molecule has 0 aliphatic rings. The van der Waals surface area contributed by atoms with E-state index in [1.54, 1.807) is 68.4 Å². The predicted molar refractivity (Wildman–Crippen MR) is 192 cm³/mol. The maximum atomic E-state index is 14.2. The van der Waals surface area contributed by atoms with Crippen molar-refractivity contribution in [1.82, 2.24) is 19.8 Å². The molecule has 51 heavy (non-hydrogen) atoms. The topological polar surface area (TPSA) is 155 Å². The van der Waals surface area contributed by atoms with E-state index in [0.29, 0.717) is 16.1 Å². The molecule has 3 N–H and O–H groups in total. The number of nitrogens with zero attached hydrogens (tertiary/aromatic N) is 2. The number of amides is 3. The predicted octanol–water partition coefficient (Wildman–Crippen LogP) is 5.40. The van der Waals surface area contributed by atoms with Crippen molar-refractivity contribution in [1.29, 1.82) is 0 Å². The molecule has 0 fully saturated rings. The van der Waals surface area contributed by atoms with Crippen LogP contribution in [0.5, 0.6) is 0 Å². The average molecular weight is 790 g/mol. The number of benzene rings is 3. The number of carbonyl (C=O) groups excluding carboxylic acids is 2. The van der Waals surface area contributed by atoms with E-state index in [9.17, 15) is 32.3 Å². The van der Waals surface area contributed by atoms with Gasteiger partial charge in [-0.15, -0.1) is 0 Å². The first kappa shape index (κ1) is 41.9. The molecule has 3 rings (SSSR count). The van der Waals surface area contributed by atoms with Crippen molar-refractivity contribution in [2.24, 2.45) is 0 Å². The Bertz CT molecular complexity index is 1700. The van der Waals surface area contributed by atoms with Crippen molar-refractivity contribution < 1.29 is 41.8 Å². The molecule has 2 unspecified atom stereocenters. The molecule has 0 saturated heterocycles. The van der Waals surface area contributed by atoms with Crippen LogP contribution in [0.2, 0.25) is 15.1 Å². The molecule has 0 spiro atoms. The number of hydrogen-bond donors (Lipinski definition) is 3. The van der Waals surface area contributed by atoms with E-state index in [-0.39, 0.29) is 54.2 Å². The van der Waals surface area contributed by atoms with Crippen molar-refractivity contribution in [3.63, 3.8) is 0 Å². The maximum absolute atomic E-state index is 14.2. The third-order valence-electron chi connectivity index (χ3n) is 7.48. The first-order valence-electron chi connectivity index (χ1n) is 15.9. The van der Waals surface area contributed by atoms with Gasteiger partial charge < -0.3 is 24.8 Å². The third-order valence-corrected chi connectivity index (χ3v) is 9.87. The van der Waals surface area contributed by atoms with Gasteiger partial charge in [0, 0.05) is 49.3 Å². The van der Waals surface area contributed by atoms with Gasteiger partial charge in [0.05, 0.1) is 11.6 Å². The van der Waals surface area contributed by atoms with E-state index in [2.05, 4.69) is 10.0 Å². The molecule has 12 nitrogen and oxygen atoms in total. The summed E-state index contributed by atoms with van der Waals surface area (Å²) in [6, 6.07) is 15.4. The Hall–Kier alpha value is -3.50. The second-order valence-electron chi connectivity index (χ2n) is 11.0. The van der Waals surface area contributed by atoms with Crippen molar-refractivity contribution in [3.8, 4) is 0 Å². The summed E-state index contributed by atoms with van der Waals surface area (Å²) in [4.78, 5) is 42.5. The Morgan fingerprint density at radius 3 is 2.10 bits per heavy atom. The first-order valence-corrected chi connectivity index (χ1v) is 18.5. The van der Waals surface area contributed by atoms with Crippen molar-refractivity contribution in [2.75, 3.05) is 39.5 Å². The average Bonchev–Trinajstić information content (AvgIpc) is 3.08. The van der Waals surface area contributed by atoms with Crippen molar-refractivity contribution in [3.05, 3.63) is 99.0 Å². The molecular weight excluding hydrogens is 750 g/mol. The lowest BCUT2D eigenvalue weighted by Gasteiger charge is -2.33. The molecule has 3 aromatic carbocycles. The summed E-state index contributed by atoms with van der Waals surface area (Å²) >= 11 is 18.1. The highest BCUT2D eigenvalue weighted by atomic mass is 35.5. The summed E-state index contributed by atoms with van der Waals surface area (Å²) in [6.45, 7) is 1.45. The van der Waals surface area contributed by atoms with Crippen LogP contribution in [0.25, 0.3) is 0 Å². The van der Waals surface area contributed by atoms with Gasteiger partial charge >= 0.3 is 6.09 Å². The van der Waals surface area contributed by atoms with Crippen molar-refractivity contribution >= 4 is 62.7 Å². The van der Waals surface area contributed by atoms with Gasteiger partial charge in [-0.3, -0.25) is 14.5 Å². The van der Waals surface area contributed by atoms with E-state index in [1.165, 1.54) is 18.2 Å². The molecule has 0 bridgehead atoms. The standard InChI is InChI=1S/C34H40Cl3FN4O8S/c1-3-49-31(50-4-2)22-41(17-16-38)33(44)28(18-23-10-12-25(35)13-11-23)40-32(43)29(42(34(45)46)21-24-8-6-5-7-9-24)20-39-51(47,48)30-15-14-26(36)19-27(30)37/h5-15,19,28-29,31,39H,3-4,16-18,20-22H2,1-2H3,(H,40,43)(H,45,46). The molecule has 3 amide bonds. The summed E-state index contributed by atoms with van der Waals surface area (Å²) in [5.41, 5.74) is 1.07. The molecular formula is C34H40Cl3FN4O8S. The van der Waals surface area contributed by atoms with Gasteiger partial charge in [0.25, 0.3) is 0 Å². The van der Waals surface area contributed by atoms with Crippen LogP contribution in [0, 0.1) is 0 Å². The Kier molecular flexibility index (Phi) is 16.9. The van der Waals surface area contributed by atoms with Crippen LogP contribution >= 0.6 is 34.8 Å². The number of carboxylic acid groups (broad SMARTS) is 1. The Labute approximate surface area is 311 Å². The third kappa shape index (κ3) is 12.9. The molecule has 0 radical (unpaired) electrons. The SMILES string of the molecule is CCOC(CN(CCF)C(=O)C(Cc1ccc(Cl)cc1)NC(=O)C(CNS(=O)(=O)c1ccc(Cl)cc1Cl)N(Cc1ccccc1)C(=O)O)OCC. The van der Waals surface area contributed by atoms with Crippen LogP contribution in [0.1, 0.15) is 25.0 Å². The summed E-state index contributed by atoms with van der Waals surface area (Å²) in [7, 11) is -4.41. The molecule has 2 atom stereocenters. The quantitative estimate of drug-likeness (QED) is 0.129. The molecule has 0 aromatic heterocycles. The fraction of sp³-hybridized carbons (Fsp3) is 0.382. The van der Waals surface area contributed by atoms with Crippen molar-refractivity contribution in [2.45, 2.75) is 50.1 Å². The van der Waals surface area contributed by atoms with Crippen LogP contribution in [-0.2, 0) is 42.1 Å². The number of halogens is 4. The van der Waals surface area contributed by atoms with Gasteiger partial charge in [-0.2, -0.15) is 0 Å². The smallest absolute Gasteiger partial charge is 0.408 e. The lowest BCUT2D eigenvalue weighted by atomic mass is 10.0. The van der Waals surface area contributed by atoms with Crippen LogP contribution in [0.3, 0.4) is 0 Å². The lowest BCUT2D eigenvalue weighted by molar-refractivity contribution is -0.160. The number of ether oxygens (including phenoxy) is 2. The Morgan fingerprint density at radius 1 is 0.902 bits per heavy atom. The van der Waals surface area contributed by atoms with E-state index in [1.807, 2.05) is 0 Å². The molecule has 0 aliphatic carbocycles. The van der Waals surface area contributed by atoms with Crippen LogP contribution in [0.15, 0.2) is 77.7 Å². The highest BCUT2D eigenvalue weighted by molar-refractivity contribution is 7.89. The van der Waals surface area contributed by atoms with Gasteiger partial charge in [-0.1, -0.05) is 77.3 Å². The van der Waals surface area contributed by atoms with E-state index in [4.69, 9.17) is 44.3 Å². The van der Waals surface area contributed by atoms with Gasteiger partial charge in [0.2, 0.25) is 21.8 Å². The second kappa shape index (κ2) is 20.5. The zero-order valence-corrected chi connectivity index (χ0v) is 31.0. The molecule has 3 aromatic rings. The van der Waals surface area contributed by atoms with E-state index < -0.39 is 59.5 Å². The van der Waals surface area contributed by atoms with Gasteiger partial charge in [-0.25, -0.2) is 22.3 Å². The number of hydrogen-bond acceptors (Lipinski definition) is 7. The van der Waals surface area contributed by atoms with Gasteiger partial charge in [0.15, 0.2) is 6.29 Å². The Morgan fingerprint density at radius 2 is 1.53 bits per heavy atom. The van der Waals surface area contributed by atoms with Gasteiger partial charge in [-0.05, 0) is 55.3 Å². The van der Waals surface area contributed by atoms with E-state index >= 15 is 0 Å². The summed E-state index contributed by atoms with van der Waals surface area (Å²) in [6.07, 6.45) is -2.54. The normalized spacial score (nSPS) is 12.7. The minimum atomic E-state index is -4.41. The number of nitrogens with one attached hydrogen (secondary N) is 2. The minimum Gasteiger partial charge on any atom is -0.465 e. The first-order chi connectivity index (χ1) is 24.3. The molecule has 17 heteroatoms. The van der Waals surface area contributed by atoms with Crippen LogP contribution in [-0.4, -0.2) is 99.1 Å². The van der Waals surface area contributed by atoms with E-state index in [0.717, 1.165) is 9.80 Å². The zero-order chi connectivity index (χ0) is 37.6. The number of rotatable bonds is 20. The molecule has 0 heterocycles. The highest BCUT2D eigenvalue weighted by Crippen LogP contribution is 2.25.